The van der Waals surface area contributed by atoms with E-state index in [1.54, 1.807) is 71.6 Å². The summed E-state index contributed by atoms with van der Waals surface area (Å²) in [6, 6.07) is 29.3. The van der Waals surface area contributed by atoms with Gasteiger partial charge in [-0.2, -0.15) is 5.10 Å². The van der Waals surface area contributed by atoms with E-state index < -0.39 is 11.8 Å². The average molecular weight is 643 g/mol. The third-order valence-corrected chi connectivity index (χ3v) is 7.20. The molecule has 0 saturated heterocycles. The average Bonchev–Trinajstić information content (AvgIpc) is 3.53. The van der Waals surface area contributed by atoms with Crippen LogP contribution in [0.3, 0.4) is 0 Å². The van der Waals surface area contributed by atoms with Crippen LogP contribution in [-0.4, -0.2) is 41.4 Å². The Morgan fingerprint density at radius 3 is 1.90 bits per heavy atom. The number of benzene rings is 4. The molecule has 4 aromatic carbocycles. The molecule has 1 heterocycles. The Kier molecular flexibility index (Phi) is 11.1. The van der Waals surface area contributed by atoms with Gasteiger partial charge in [0.15, 0.2) is 0 Å². The summed E-state index contributed by atoms with van der Waals surface area (Å²) in [7, 11) is 0. The van der Waals surface area contributed by atoms with E-state index >= 15 is 0 Å². The molecular formula is C39H38N4O5. The molecule has 0 aliphatic rings. The summed E-state index contributed by atoms with van der Waals surface area (Å²) in [5.41, 5.74) is 4.56. The Morgan fingerprint density at radius 2 is 1.38 bits per heavy atom. The van der Waals surface area contributed by atoms with Crippen molar-refractivity contribution >= 4 is 29.3 Å². The van der Waals surface area contributed by atoms with Crippen LogP contribution in [0.4, 0.5) is 11.4 Å². The molecule has 48 heavy (non-hydrogen) atoms. The van der Waals surface area contributed by atoms with Gasteiger partial charge in [0, 0.05) is 28.7 Å². The molecule has 0 unspecified atom stereocenters. The number of ether oxygens (including phenoxy) is 3. The maximum absolute atomic E-state index is 13.9. The predicted octanol–water partition coefficient (Wildman–Crippen LogP) is 7.87. The molecule has 9 heteroatoms. The van der Waals surface area contributed by atoms with Crippen molar-refractivity contribution in [1.29, 1.82) is 0 Å². The van der Waals surface area contributed by atoms with Gasteiger partial charge in [-0.25, -0.2) is 4.68 Å². The van der Waals surface area contributed by atoms with Crippen LogP contribution in [0.5, 0.6) is 17.2 Å². The minimum Gasteiger partial charge on any atom is -0.494 e. The Balaban J connectivity index is 1.57. The first-order valence-electron chi connectivity index (χ1n) is 15.7. The number of aryl methyl sites for hydroxylation is 1. The molecular weight excluding hydrogens is 604 g/mol. The summed E-state index contributed by atoms with van der Waals surface area (Å²) < 4.78 is 18.6. The number of nitrogens with zero attached hydrogens (tertiary/aromatic N) is 2. The van der Waals surface area contributed by atoms with E-state index in [4.69, 9.17) is 19.3 Å². The zero-order valence-electron chi connectivity index (χ0n) is 27.2. The van der Waals surface area contributed by atoms with Gasteiger partial charge >= 0.3 is 0 Å². The number of nitrogens with one attached hydrogen (secondary N) is 2. The zero-order valence-corrected chi connectivity index (χ0v) is 27.2. The van der Waals surface area contributed by atoms with Gasteiger partial charge in [0.1, 0.15) is 29.4 Å². The van der Waals surface area contributed by atoms with E-state index in [-0.39, 0.29) is 5.57 Å². The highest BCUT2D eigenvalue weighted by Gasteiger charge is 2.22. The summed E-state index contributed by atoms with van der Waals surface area (Å²) in [5.74, 6) is 0.890. The van der Waals surface area contributed by atoms with Crippen molar-refractivity contribution in [3.05, 3.63) is 133 Å². The van der Waals surface area contributed by atoms with Gasteiger partial charge in [-0.3, -0.25) is 9.59 Å². The molecule has 0 bridgehead atoms. The molecule has 0 spiro atoms. The van der Waals surface area contributed by atoms with Crippen LogP contribution in [0.1, 0.15) is 25.0 Å². The maximum atomic E-state index is 13.9. The maximum Gasteiger partial charge on any atom is 0.261 e. The lowest BCUT2D eigenvalue weighted by Crippen LogP contribution is -2.25. The fourth-order valence-electron chi connectivity index (χ4n) is 4.93. The summed E-state index contributed by atoms with van der Waals surface area (Å²) in [4.78, 5) is 27.8. The second kappa shape index (κ2) is 16.0. The molecule has 0 aliphatic carbocycles. The molecule has 5 rings (SSSR count). The zero-order chi connectivity index (χ0) is 33.9. The fraction of sp³-hybridized carbons (Fsp3) is 0.154. The quantitative estimate of drug-likeness (QED) is 0.0553. The van der Waals surface area contributed by atoms with E-state index in [9.17, 15) is 9.59 Å². The normalized spacial score (nSPS) is 10.5. The first-order chi connectivity index (χ1) is 23.4. The molecule has 2 amide bonds. The first-order valence-corrected chi connectivity index (χ1v) is 15.7. The third kappa shape index (κ3) is 8.38. The van der Waals surface area contributed by atoms with Gasteiger partial charge in [0.2, 0.25) is 0 Å². The van der Waals surface area contributed by atoms with Crippen LogP contribution < -0.4 is 24.8 Å². The fourth-order valence-corrected chi connectivity index (χ4v) is 4.93. The number of rotatable bonds is 14. The van der Waals surface area contributed by atoms with Crippen molar-refractivity contribution in [3.63, 3.8) is 0 Å². The van der Waals surface area contributed by atoms with Crippen LogP contribution >= 0.6 is 0 Å². The summed E-state index contributed by atoms with van der Waals surface area (Å²) >= 11 is 0. The van der Waals surface area contributed by atoms with Gasteiger partial charge in [-0.05, 0) is 111 Å². The molecule has 0 radical (unpaired) electrons. The SMILES string of the molecule is C=CCOc1ccc(-c2nn(-c3ccccc3)cc2C=C(C(=O)Nc2ccc(OCC)cc2)C(=O)Nc2ccc(OCC)cc2)cc1C. The summed E-state index contributed by atoms with van der Waals surface area (Å²) in [5, 5.41) is 10.6. The lowest BCUT2D eigenvalue weighted by atomic mass is 10.0. The van der Waals surface area contributed by atoms with Crippen LogP contribution in [0.2, 0.25) is 0 Å². The molecule has 0 fully saturated rings. The van der Waals surface area contributed by atoms with E-state index in [1.807, 2.05) is 69.3 Å². The molecule has 244 valence electrons. The monoisotopic (exact) mass is 642 g/mol. The number of anilines is 2. The van der Waals surface area contributed by atoms with Gasteiger partial charge in [0.05, 0.1) is 24.6 Å². The standard InChI is InChI=1S/C39H38N4O5/c1-5-23-48-36-22-13-28(24-27(36)4)37-29(26-43(42-37)32-11-9-8-10-12-32)25-35(38(44)40-30-14-18-33(19-15-30)46-6-2)39(45)41-31-16-20-34(21-17-31)47-7-3/h5,8-22,24-26H,1,6-7,23H2,2-4H3,(H,40,44)(H,41,45). The van der Waals surface area contributed by atoms with Gasteiger partial charge < -0.3 is 24.8 Å². The number of hydrogen-bond donors (Lipinski definition) is 2. The Labute approximate surface area is 280 Å². The molecule has 5 aromatic rings. The molecule has 2 N–H and O–H groups in total. The smallest absolute Gasteiger partial charge is 0.261 e. The highest BCUT2D eigenvalue weighted by atomic mass is 16.5. The van der Waals surface area contributed by atoms with Crippen LogP contribution in [-0.2, 0) is 9.59 Å². The van der Waals surface area contributed by atoms with Crippen molar-refractivity contribution in [2.75, 3.05) is 30.5 Å². The van der Waals surface area contributed by atoms with Gasteiger partial charge in [0.25, 0.3) is 11.8 Å². The lowest BCUT2D eigenvalue weighted by Gasteiger charge is -2.12. The van der Waals surface area contributed by atoms with Gasteiger partial charge in [-0.15, -0.1) is 0 Å². The molecule has 1 aromatic heterocycles. The topological polar surface area (TPSA) is 104 Å². The second-order valence-corrected chi connectivity index (χ2v) is 10.7. The molecule has 0 saturated carbocycles. The minimum absolute atomic E-state index is 0.116. The number of para-hydroxylation sites is 1. The first kappa shape index (κ1) is 33.3. The summed E-state index contributed by atoms with van der Waals surface area (Å²) in [6.07, 6.45) is 5.06. The Morgan fingerprint density at radius 1 is 0.792 bits per heavy atom. The van der Waals surface area contributed by atoms with Crippen molar-refractivity contribution in [3.8, 4) is 34.2 Å². The van der Waals surface area contributed by atoms with E-state index in [0.29, 0.717) is 54.0 Å². The second-order valence-electron chi connectivity index (χ2n) is 10.7. The van der Waals surface area contributed by atoms with Gasteiger partial charge in [-0.1, -0.05) is 30.9 Å². The largest absolute Gasteiger partial charge is 0.494 e. The minimum atomic E-state index is -0.592. The number of aromatic nitrogens is 2. The third-order valence-electron chi connectivity index (χ3n) is 7.20. The number of hydrogen-bond acceptors (Lipinski definition) is 6. The Hall–Kier alpha value is -6.09. The number of amides is 2. The van der Waals surface area contributed by atoms with Crippen molar-refractivity contribution < 1.29 is 23.8 Å². The Bertz CT molecular complexity index is 1830. The van der Waals surface area contributed by atoms with Crippen LogP contribution in [0, 0.1) is 6.92 Å². The van der Waals surface area contributed by atoms with E-state index in [1.165, 1.54) is 0 Å². The van der Waals surface area contributed by atoms with Crippen molar-refractivity contribution in [2.24, 2.45) is 0 Å². The molecule has 0 aliphatic heterocycles. The van der Waals surface area contributed by atoms with E-state index in [2.05, 4.69) is 17.2 Å². The number of carbonyl (C=O) groups is 2. The van der Waals surface area contributed by atoms with Crippen LogP contribution in [0.25, 0.3) is 23.0 Å². The highest BCUT2D eigenvalue weighted by molar-refractivity contribution is 6.29. The summed E-state index contributed by atoms with van der Waals surface area (Å²) in [6.45, 7) is 10.9. The highest BCUT2D eigenvalue weighted by Crippen LogP contribution is 2.30. The molecule has 9 nitrogen and oxygen atoms in total. The van der Waals surface area contributed by atoms with Crippen molar-refractivity contribution in [2.45, 2.75) is 20.8 Å². The predicted molar refractivity (Wildman–Crippen MR) is 190 cm³/mol. The van der Waals surface area contributed by atoms with Crippen LogP contribution in [0.15, 0.2) is 121 Å². The lowest BCUT2D eigenvalue weighted by molar-refractivity contribution is -0.118. The van der Waals surface area contributed by atoms with Crippen molar-refractivity contribution in [1.82, 2.24) is 9.78 Å². The van der Waals surface area contributed by atoms with E-state index in [0.717, 1.165) is 22.6 Å². The number of carbonyl (C=O) groups excluding carboxylic acids is 2. The molecule has 0 atom stereocenters.